The van der Waals surface area contributed by atoms with Crippen LogP contribution in [0.5, 0.6) is 0 Å². The molecule has 1 N–H and O–H groups in total. The van der Waals surface area contributed by atoms with Crippen LogP contribution in [0.3, 0.4) is 0 Å². The molecular weight excluding hydrogens is 252 g/mol. The summed E-state index contributed by atoms with van der Waals surface area (Å²) in [6, 6.07) is 7.23. The SMILES string of the molecule is CC(C)c1ccc(CS(=O)(=O)C(C)C(=O)O)cc1. The van der Waals surface area contributed by atoms with Gasteiger partial charge in [0.1, 0.15) is 0 Å². The molecule has 0 spiro atoms. The fourth-order valence-electron chi connectivity index (χ4n) is 1.51. The Kier molecular flexibility index (Phi) is 4.51. The first-order valence-corrected chi connectivity index (χ1v) is 7.49. The van der Waals surface area contributed by atoms with Crippen molar-refractivity contribution in [2.45, 2.75) is 37.7 Å². The molecule has 0 amide bonds. The van der Waals surface area contributed by atoms with Gasteiger partial charge in [-0.25, -0.2) is 8.42 Å². The Hall–Kier alpha value is -1.36. The molecule has 1 rings (SSSR count). The summed E-state index contributed by atoms with van der Waals surface area (Å²) in [5.41, 5.74) is 1.75. The van der Waals surface area contributed by atoms with E-state index in [0.29, 0.717) is 11.5 Å². The van der Waals surface area contributed by atoms with Gasteiger partial charge in [-0.05, 0) is 24.0 Å². The monoisotopic (exact) mass is 270 g/mol. The summed E-state index contributed by atoms with van der Waals surface area (Å²) >= 11 is 0. The maximum atomic E-state index is 11.8. The molecule has 1 aromatic carbocycles. The van der Waals surface area contributed by atoms with E-state index in [-0.39, 0.29) is 5.75 Å². The van der Waals surface area contributed by atoms with E-state index in [0.717, 1.165) is 5.56 Å². The van der Waals surface area contributed by atoms with E-state index in [1.807, 2.05) is 12.1 Å². The second-order valence-electron chi connectivity index (χ2n) is 4.68. The summed E-state index contributed by atoms with van der Waals surface area (Å²) in [7, 11) is -3.65. The van der Waals surface area contributed by atoms with Crippen molar-refractivity contribution in [3.8, 4) is 0 Å². The van der Waals surface area contributed by atoms with Gasteiger partial charge in [0.15, 0.2) is 15.1 Å². The standard InChI is InChI=1S/C13H18O4S/c1-9(2)12-6-4-11(5-7-12)8-18(16,17)10(3)13(14)15/h4-7,9-10H,8H2,1-3H3,(H,14,15). The van der Waals surface area contributed by atoms with E-state index in [1.54, 1.807) is 12.1 Å². The Morgan fingerprint density at radius 1 is 1.17 bits per heavy atom. The van der Waals surface area contributed by atoms with E-state index >= 15 is 0 Å². The molecule has 0 aliphatic heterocycles. The molecule has 100 valence electrons. The van der Waals surface area contributed by atoms with Gasteiger partial charge in [0, 0.05) is 0 Å². The molecule has 0 saturated carbocycles. The molecule has 0 radical (unpaired) electrons. The van der Waals surface area contributed by atoms with E-state index in [9.17, 15) is 13.2 Å². The van der Waals surface area contributed by atoms with Gasteiger partial charge in [0.25, 0.3) is 0 Å². The smallest absolute Gasteiger partial charge is 0.321 e. The number of hydrogen-bond donors (Lipinski definition) is 1. The van der Waals surface area contributed by atoms with E-state index in [2.05, 4.69) is 13.8 Å². The first-order valence-electron chi connectivity index (χ1n) is 5.77. The third-order valence-electron chi connectivity index (χ3n) is 2.90. The Balaban J connectivity index is 2.88. The quantitative estimate of drug-likeness (QED) is 0.890. The third-order valence-corrected chi connectivity index (χ3v) is 4.92. The van der Waals surface area contributed by atoms with Crippen molar-refractivity contribution in [3.05, 3.63) is 35.4 Å². The van der Waals surface area contributed by atoms with Crippen LogP contribution in [0.15, 0.2) is 24.3 Å². The van der Waals surface area contributed by atoms with Gasteiger partial charge >= 0.3 is 5.97 Å². The fraction of sp³-hybridized carbons (Fsp3) is 0.462. The van der Waals surface area contributed by atoms with Crippen LogP contribution in [0.1, 0.15) is 37.8 Å². The van der Waals surface area contributed by atoms with Crippen molar-refractivity contribution in [1.29, 1.82) is 0 Å². The average molecular weight is 270 g/mol. The molecule has 0 aromatic heterocycles. The predicted octanol–water partition coefficient (Wildman–Crippen LogP) is 2.20. The lowest BCUT2D eigenvalue weighted by atomic mass is 10.0. The highest BCUT2D eigenvalue weighted by Gasteiger charge is 2.27. The minimum absolute atomic E-state index is 0.237. The van der Waals surface area contributed by atoms with Gasteiger partial charge < -0.3 is 5.11 Å². The number of rotatable bonds is 5. The Bertz CT molecular complexity index is 514. The number of sulfone groups is 1. The van der Waals surface area contributed by atoms with Gasteiger partial charge in [-0.1, -0.05) is 38.1 Å². The second kappa shape index (κ2) is 5.52. The lowest BCUT2D eigenvalue weighted by Crippen LogP contribution is -2.28. The molecule has 0 saturated heterocycles. The van der Waals surface area contributed by atoms with Crippen LogP contribution in [0.25, 0.3) is 0 Å². The molecule has 0 heterocycles. The number of benzene rings is 1. The van der Waals surface area contributed by atoms with Gasteiger partial charge in [-0.2, -0.15) is 0 Å². The van der Waals surface area contributed by atoms with Crippen LogP contribution >= 0.6 is 0 Å². The first kappa shape index (κ1) is 14.7. The zero-order valence-corrected chi connectivity index (χ0v) is 11.6. The highest BCUT2D eigenvalue weighted by Crippen LogP contribution is 2.17. The molecule has 1 unspecified atom stereocenters. The highest BCUT2D eigenvalue weighted by atomic mass is 32.2. The summed E-state index contributed by atoms with van der Waals surface area (Å²) < 4.78 is 23.6. The van der Waals surface area contributed by atoms with Crippen molar-refractivity contribution >= 4 is 15.8 Å². The second-order valence-corrected chi connectivity index (χ2v) is 7.01. The van der Waals surface area contributed by atoms with E-state index in [1.165, 1.54) is 6.92 Å². The number of aliphatic carboxylic acids is 1. The highest BCUT2D eigenvalue weighted by molar-refractivity contribution is 7.91. The topological polar surface area (TPSA) is 71.4 Å². The molecule has 0 bridgehead atoms. The van der Waals surface area contributed by atoms with Crippen molar-refractivity contribution in [2.24, 2.45) is 0 Å². The molecule has 0 fully saturated rings. The van der Waals surface area contributed by atoms with Gasteiger partial charge in [0.2, 0.25) is 0 Å². The molecule has 5 heteroatoms. The van der Waals surface area contributed by atoms with Crippen molar-refractivity contribution in [1.82, 2.24) is 0 Å². The van der Waals surface area contributed by atoms with Crippen molar-refractivity contribution in [3.63, 3.8) is 0 Å². The Morgan fingerprint density at radius 3 is 2.06 bits per heavy atom. The van der Waals surface area contributed by atoms with Gasteiger partial charge in [-0.15, -0.1) is 0 Å². The van der Waals surface area contributed by atoms with Crippen LogP contribution in [0.4, 0.5) is 0 Å². The van der Waals surface area contributed by atoms with Crippen molar-refractivity contribution < 1.29 is 18.3 Å². The van der Waals surface area contributed by atoms with Crippen molar-refractivity contribution in [2.75, 3.05) is 0 Å². The number of carbonyl (C=O) groups is 1. The van der Waals surface area contributed by atoms with Crippen LogP contribution < -0.4 is 0 Å². The van der Waals surface area contributed by atoms with Gasteiger partial charge in [-0.3, -0.25) is 4.79 Å². The van der Waals surface area contributed by atoms with Gasteiger partial charge in [0.05, 0.1) is 5.75 Å². The zero-order chi connectivity index (χ0) is 13.9. The zero-order valence-electron chi connectivity index (χ0n) is 10.8. The summed E-state index contributed by atoms with van der Waals surface area (Å²) in [6.45, 7) is 5.30. The van der Waals surface area contributed by atoms with Crippen LogP contribution in [-0.4, -0.2) is 24.7 Å². The van der Waals surface area contributed by atoms with Crippen LogP contribution in [0, 0.1) is 0 Å². The first-order chi connectivity index (χ1) is 8.24. The lowest BCUT2D eigenvalue weighted by Gasteiger charge is -2.10. The molecule has 1 atom stereocenters. The lowest BCUT2D eigenvalue weighted by molar-refractivity contribution is -0.136. The predicted molar refractivity (Wildman–Crippen MR) is 70.3 cm³/mol. The summed E-state index contributed by atoms with van der Waals surface area (Å²) in [6.07, 6.45) is 0. The fourth-order valence-corrected chi connectivity index (χ4v) is 2.72. The number of hydrogen-bond acceptors (Lipinski definition) is 3. The Morgan fingerprint density at radius 2 is 1.67 bits per heavy atom. The summed E-state index contributed by atoms with van der Waals surface area (Å²) in [5, 5.41) is 7.36. The Labute approximate surface area is 108 Å². The molecule has 1 aromatic rings. The van der Waals surface area contributed by atoms with E-state index < -0.39 is 21.1 Å². The minimum atomic E-state index is -3.65. The maximum Gasteiger partial charge on any atom is 0.321 e. The minimum Gasteiger partial charge on any atom is -0.480 e. The molecule has 4 nitrogen and oxygen atoms in total. The molecule has 0 aliphatic rings. The van der Waals surface area contributed by atoms with Crippen LogP contribution in [0.2, 0.25) is 0 Å². The van der Waals surface area contributed by atoms with E-state index in [4.69, 9.17) is 5.11 Å². The normalized spacial score (nSPS) is 13.6. The number of carboxylic acids is 1. The molecular formula is C13H18O4S. The summed E-state index contributed by atoms with van der Waals surface area (Å²) in [4.78, 5) is 10.7. The van der Waals surface area contributed by atoms with Crippen LogP contribution in [-0.2, 0) is 20.4 Å². The summed E-state index contributed by atoms with van der Waals surface area (Å²) in [5.74, 6) is -1.17. The largest absolute Gasteiger partial charge is 0.480 e. The maximum absolute atomic E-state index is 11.8. The average Bonchev–Trinajstić information content (AvgIpc) is 2.28. The number of carboxylic acid groups (broad SMARTS) is 1. The molecule has 0 aliphatic carbocycles. The third kappa shape index (κ3) is 3.57. The molecule has 18 heavy (non-hydrogen) atoms.